The predicted octanol–water partition coefficient (Wildman–Crippen LogP) is 2.42. The van der Waals surface area contributed by atoms with Gasteiger partial charge < -0.3 is 10.6 Å². The first-order chi connectivity index (χ1) is 18.5. The van der Waals surface area contributed by atoms with Crippen molar-refractivity contribution < 1.29 is 22.8 Å². The molecule has 1 aromatic rings. The highest BCUT2D eigenvalue weighted by Gasteiger charge is 2.48. The van der Waals surface area contributed by atoms with Gasteiger partial charge in [-0.2, -0.15) is 0 Å². The third-order valence-corrected chi connectivity index (χ3v) is 10.9. The molecule has 4 amide bonds. The number of amides is 4. The molecule has 1 aliphatic carbocycles. The number of carbonyl (C=O) groups is 3. The van der Waals surface area contributed by atoms with Gasteiger partial charge in [0.05, 0.1) is 18.8 Å². The quantitative estimate of drug-likeness (QED) is 0.498. The van der Waals surface area contributed by atoms with E-state index in [0.717, 1.165) is 59.7 Å². The van der Waals surface area contributed by atoms with Crippen LogP contribution >= 0.6 is 0 Å². The second-order valence-corrected chi connectivity index (χ2v) is 13.8. The Bertz CT molecular complexity index is 1270. The Hall–Kier alpha value is -2.79. The average molecular weight is 558 g/mol. The number of rotatable bonds is 7. The molecule has 1 aromatic carbocycles. The van der Waals surface area contributed by atoms with Crippen LogP contribution in [0.3, 0.4) is 0 Å². The van der Waals surface area contributed by atoms with Crippen LogP contribution in [0.5, 0.6) is 0 Å². The molecular weight excluding hydrogens is 518 g/mol. The molecule has 0 unspecified atom stereocenters. The molecule has 212 valence electrons. The Balaban J connectivity index is 1.19. The van der Waals surface area contributed by atoms with Gasteiger partial charge in [0.15, 0.2) is 0 Å². The van der Waals surface area contributed by atoms with E-state index in [9.17, 15) is 22.8 Å². The highest BCUT2D eigenvalue weighted by molar-refractivity contribution is 7.89. The zero-order valence-corrected chi connectivity index (χ0v) is 23.9. The predicted molar refractivity (Wildman–Crippen MR) is 148 cm³/mol. The standard InChI is InChI=1S/C28H39N5O5S/c1-18-4-6-22(7-5-18)25-30-26(35)28(31-25)9-11-32(12-10-28)39(37,38)13-8-23-19(2)14-21(15-20(23)3)17-33-24(34)16-29-27(33)36/h14-15,18,22H,4-13,16-17H2,1-3H3,(H,29,36)(H,30,31,35). The lowest BCUT2D eigenvalue weighted by atomic mass is 9.82. The first-order valence-electron chi connectivity index (χ1n) is 14.0. The minimum Gasteiger partial charge on any atom is -0.329 e. The van der Waals surface area contributed by atoms with Crippen LogP contribution < -0.4 is 10.6 Å². The molecule has 1 saturated carbocycles. The lowest BCUT2D eigenvalue weighted by molar-refractivity contribution is -0.126. The number of benzene rings is 1. The van der Waals surface area contributed by atoms with Crippen molar-refractivity contribution in [1.29, 1.82) is 0 Å². The van der Waals surface area contributed by atoms with Crippen molar-refractivity contribution in [3.05, 3.63) is 34.4 Å². The Morgan fingerprint density at radius 3 is 2.26 bits per heavy atom. The van der Waals surface area contributed by atoms with Gasteiger partial charge >= 0.3 is 6.03 Å². The van der Waals surface area contributed by atoms with E-state index < -0.39 is 21.6 Å². The second kappa shape index (κ2) is 10.6. The number of hydrogen-bond donors (Lipinski definition) is 2. The fourth-order valence-corrected chi connectivity index (χ4v) is 7.93. The minimum atomic E-state index is -3.51. The SMILES string of the molecule is Cc1cc(CN2C(=O)CNC2=O)cc(C)c1CCS(=O)(=O)N1CCC2(CC1)N=C(C1CCC(C)CC1)NC2=O. The Morgan fingerprint density at radius 2 is 1.67 bits per heavy atom. The monoisotopic (exact) mass is 557 g/mol. The van der Waals surface area contributed by atoms with Crippen LogP contribution in [0.4, 0.5) is 4.79 Å². The minimum absolute atomic E-state index is 0.0163. The fourth-order valence-electron chi connectivity index (χ4n) is 6.47. The van der Waals surface area contributed by atoms with Crippen molar-refractivity contribution in [1.82, 2.24) is 19.8 Å². The molecule has 0 atom stereocenters. The molecule has 4 aliphatic rings. The summed E-state index contributed by atoms with van der Waals surface area (Å²) in [6.07, 6.45) is 5.56. The third-order valence-electron chi connectivity index (χ3n) is 8.99. The van der Waals surface area contributed by atoms with E-state index >= 15 is 0 Å². The number of hydrogen-bond acceptors (Lipinski definition) is 6. The van der Waals surface area contributed by atoms with E-state index in [1.165, 1.54) is 9.21 Å². The van der Waals surface area contributed by atoms with E-state index in [1.807, 2.05) is 26.0 Å². The Kier molecular flexibility index (Phi) is 7.58. The van der Waals surface area contributed by atoms with Gasteiger partial charge in [0.1, 0.15) is 11.4 Å². The second-order valence-electron chi connectivity index (χ2n) is 11.8. The van der Waals surface area contributed by atoms with Gasteiger partial charge in [-0.25, -0.2) is 17.5 Å². The van der Waals surface area contributed by atoms with Crippen molar-refractivity contribution in [2.45, 2.75) is 77.8 Å². The number of amidine groups is 1. The summed E-state index contributed by atoms with van der Waals surface area (Å²) in [5.41, 5.74) is 2.83. The average Bonchev–Trinajstić information content (AvgIpc) is 3.37. The Morgan fingerprint density at radius 1 is 1.03 bits per heavy atom. The molecule has 0 bridgehead atoms. The molecular formula is C28H39N5O5S. The maximum atomic E-state index is 13.3. The van der Waals surface area contributed by atoms with Crippen LogP contribution in [0.25, 0.3) is 0 Å². The molecule has 10 nitrogen and oxygen atoms in total. The smallest absolute Gasteiger partial charge is 0.324 e. The largest absolute Gasteiger partial charge is 0.329 e. The zero-order chi connectivity index (χ0) is 27.9. The number of nitrogens with one attached hydrogen (secondary N) is 2. The summed E-state index contributed by atoms with van der Waals surface area (Å²) in [4.78, 5) is 42.8. The van der Waals surface area contributed by atoms with Gasteiger partial charge in [-0.15, -0.1) is 0 Å². The van der Waals surface area contributed by atoms with Gasteiger partial charge in [-0.05, 0) is 74.1 Å². The molecule has 11 heteroatoms. The topological polar surface area (TPSA) is 128 Å². The molecule has 1 spiro atoms. The summed E-state index contributed by atoms with van der Waals surface area (Å²) >= 11 is 0. The van der Waals surface area contributed by atoms with Crippen LogP contribution in [-0.2, 0) is 32.6 Å². The summed E-state index contributed by atoms with van der Waals surface area (Å²) in [5, 5.41) is 5.56. The van der Waals surface area contributed by atoms with Gasteiger partial charge in [-0.3, -0.25) is 19.5 Å². The van der Waals surface area contributed by atoms with Crippen molar-refractivity contribution in [2.75, 3.05) is 25.4 Å². The highest BCUT2D eigenvalue weighted by atomic mass is 32.2. The van der Waals surface area contributed by atoms with Gasteiger partial charge in [0, 0.05) is 19.0 Å². The number of sulfonamides is 1. The number of carbonyl (C=O) groups excluding carboxylic acids is 3. The van der Waals surface area contributed by atoms with Crippen molar-refractivity contribution in [3.8, 4) is 0 Å². The van der Waals surface area contributed by atoms with E-state index in [4.69, 9.17) is 4.99 Å². The molecule has 0 aromatic heterocycles. The summed E-state index contributed by atoms with van der Waals surface area (Å²) in [7, 11) is -3.51. The van der Waals surface area contributed by atoms with Gasteiger partial charge in [0.2, 0.25) is 15.9 Å². The van der Waals surface area contributed by atoms with Crippen LogP contribution in [-0.4, -0.2) is 72.2 Å². The summed E-state index contributed by atoms with van der Waals surface area (Å²) in [6.45, 7) is 6.90. The van der Waals surface area contributed by atoms with Gasteiger partial charge in [0.25, 0.3) is 5.91 Å². The number of urea groups is 1. The number of piperidine rings is 1. The number of nitrogens with zero attached hydrogens (tertiary/aromatic N) is 3. The highest BCUT2D eigenvalue weighted by Crippen LogP contribution is 2.36. The molecule has 3 heterocycles. The van der Waals surface area contributed by atoms with E-state index in [-0.39, 0.29) is 43.7 Å². The van der Waals surface area contributed by atoms with Crippen molar-refractivity contribution in [2.24, 2.45) is 16.8 Å². The number of aliphatic imine (C=N–C) groups is 1. The third kappa shape index (κ3) is 5.61. The molecule has 2 saturated heterocycles. The number of imide groups is 1. The number of aryl methyl sites for hydroxylation is 2. The first kappa shape index (κ1) is 27.8. The molecule has 5 rings (SSSR count). The molecule has 3 aliphatic heterocycles. The summed E-state index contributed by atoms with van der Waals surface area (Å²) < 4.78 is 28.1. The van der Waals surface area contributed by atoms with Crippen molar-refractivity contribution >= 4 is 33.7 Å². The van der Waals surface area contributed by atoms with E-state index in [1.54, 1.807) is 0 Å². The van der Waals surface area contributed by atoms with Crippen LogP contribution in [0.15, 0.2) is 17.1 Å². The molecule has 3 fully saturated rings. The van der Waals surface area contributed by atoms with Gasteiger partial charge in [-0.1, -0.05) is 31.9 Å². The summed E-state index contributed by atoms with van der Waals surface area (Å²) in [6, 6.07) is 3.44. The fraction of sp³-hybridized carbons (Fsp3) is 0.643. The summed E-state index contributed by atoms with van der Waals surface area (Å²) in [5.74, 6) is 1.48. The van der Waals surface area contributed by atoms with Crippen LogP contribution in [0.1, 0.15) is 67.7 Å². The molecule has 39 heavy (non-hydrogen) atoms. The lowest BCUT2D eigenvalue weighted by Crippen LogP contribution is -2.51. The van der Waals surface area contributed by atoms with Crippen LogP contribution in [0.2, 0.25) is 0 Å². The lowest BCUT2D eigenvalue weighted by Gasteiger charge is -2.34. The maximum absolute atomic E-state index is 13.3. The normalized spacial score (nSPS) is 25.7. The molecule has 0 radical (unpaired) electrons. The van der Waals surface area contributed by atoms with Crippen LogP contribution in [0, 0.1) is 25.7 Å². The molecule has 2 N–H and O–H groups in total. The Labute approximate surface area is 230 Å². The maximum Gasteiger partial charge on any atom is 0.324 e. The van der Waals surface area contributed by atoms with E-state index in [2.05, 4.69) is 17.6 Å². The zero-order valence-electron chi connectivity index (χ0n) is 23.1. The first-order valence-corrected chi connectivity index (χ1v) is 15.6. The van der Waals surface area contributed by atoms with E-state index in [0.29, 0.717) is 25.2 Å². The van der Waals surface area contributed by atoms with Crippen molar-refractivity contribution in [3.63, 3.8) is 0 Å².